The lowest BCUT2D eigenvalue weighted by atomic mass is 10.1. The first kappa shape index (κ1) is 7.58. The fraction of sp³-hybridized carbons (Fsp3) is 0.875. The van der Waals surface area contributed by atoms with Crippen LogP contribution in [0.3, 0.4) is 0 Å². The molecule has 1 aliphatic heterocycles. The van der Waals surface area contributed by atoms with Gasteiger partial charge in [-0.25, -0.2) is 0 Å². The SMILES string of the molecule is CCCCC1CCC(=O)N1. The Balaban J connectivity index is 2.12. The molecule has 1 aliphatic rings. The second-order valence-electron chi connectivity index (χ2n) is 2.95. The third-order valence-corrected chi connectivity index (χ3v) is 1.99. The van der Waals surface area contributed by atoms with Crippen LogP contribution in [0.25, 0.3) is 0 Å². The number of carbonyl (C=O) groups is 1. The molecule has 0 aromatic carbocycles. The first-order chi connectivity index (χ1) is 4.83. The molecule has 0 radical (unpaired) electrons. The summed E-state index contributed by atoms with van der Waals surface area (Å²) in [5.74, 6) is 0.237. The van der Waals surface area contributed by atoms with Gasteiger partial charge in [-0.1, -0.05) is 19.8 Å². The minimum atomic E-state index is 0.237. The van der Waals surface area contributed by atoms with E-state index in [1.807, 2.05) is 0 Å². The summed E-state index contributed by atoms with van der Waals surface area (Å²) in [6, 6.07) is 0.493. The van der Waals surface area contributed by atoms with Crippen molar-refractivity contribution in [2.45, 2.75) is 45.1 Å². The van der Waals surface area contributed by atoms with Gasteiger partial charge in [0.1, 0.15) is 0 Å². The summed E-state index contributed by atoms with van der Waals surface area (Å²) in [5, 5.41) is 2.95. The lowest BCUT2D eigenvalue weighted by Gasteiger charge is -2.06. The maximum Gasteiger partial charge on any atom is 0.220 e. The Morgan fingerprint density at radius 3 is 3.00 bits per heavy atom. The molecule has 2 heteroatoms. The van der Waals surface area contributed by atoms with Crippen molar-refractivity contribution >= 4 is 5.91 Å². The highest BCUT2D eigenvalue weighted by atomic mass is 16.1. The van der Waals surface area contributed by atoms with E-state index in [0.717, 1.165) is 12.8 Å². The van der Waals surface area contributed by atoms with E-state index in [-0.39, 0.29) is 5.91 Å². The lowest BCUT2D eigenvalue weighted by Crippen LogP contribution is -2.24. The monoisotopic (exact) mass is 141 g/mol. The van der Waals surface area contributed by atoms with Gasteiger partial charge in [-0.3, -0.25) is 4.79 Å². The first-order valence-corrected chi connectivity index (χ1v) is 4.12. The quantitative estimate of drug-likeness (QED) is 0.633. The molecule has 1 fully saturated rings. The molecule has 10 heavy (non-hydrogen) atoms. The van der Waals surface area contributed by atoms with Crippen LogP contribution in [0.5, 0.6) is 0 Å². The predicted octanol–water partition coefficient (Wildman–Crippen LogP) is 1.46. The van der Waals surface area contributed by atoms with Crippen LogP contribution in [0.1, 0.15) is 39.0 Å². The summed E-state index contributed by atoms with van der Waals surface area (Å²) in [7, 11) is 0. The molecule has 1 atom stereocenters. The van der Waals surface area contributed by atoms with E-state index in [1.54, 1.807) is 0 Å². The Hall–Kier alpha value is -0.530. The van der Waals surface area contributed by atoms with Crippen LogP contribution in [-0.2, 0) is 4.79 Å². The van der Waals surface area contributed by atoms with Crippen molar-refractivity contribution in [3.63, 3.8) is 0 Å². The molecule has 1 heterocycles. The van der Waals surface area contributed by atoms with Crippen molar-refractivity contribution in [3.05, 3.63) is 0 Å². The van der Waals surface area contributed by atoms with Gasteiger partial charge in [-0.05, 0) is 12.8 Å². The minimum Gasteiger partial charge on any atom is -0.353 e. The van der Waals surface area contributed by atoms with Crippen molar-refractivity contribution in [1.82, 2.24) is 5.32 Å². The van der Waals surface area contributed by atoms with Crippen LogP contribution in [0.15, 0.2) is 0 Å². The molecule has 0 aromatic rings. The lowest BCUT2D eigenvalue weighted by molar-refractivity contribution is -0.119. The fourth-order valence-corrected chi connectivity index (χ4v) is 1.34. The highest BCUT2D eigenvalue weighted by Crippen LogP contribution is 2.12. The molecule has 0 bridgehead atoms. The zero-order valence-corrected chi connectivity index (χ0v) is 6.52. The first-order valence-electron chi connectivity index (χ1n) is 4.12. The van der Waals surface area contributed by atoms with E-state index < -0.39 is 0 Å². The van der Waals surface area contributed by atoms with Crippen LogP contribution in [0.4, 0.5) is 0 Å². The van der Waals surface area contributed by atoms with Gasteiger partial charge >= 0.3 is 0 Å². The molecule has 1 amide bonds. The van der Waals surface area contributed by atoms with Crippen molar-refractivity contribution in [1.29, 1.82) is 0 Å². The minimum absolute atomic E-state index is 0.237. The number of carbonyl (C=O) groups excluding carboxylic acids is 1. The molecule has 0 aliphatic carbocycles. The maximum absolute atomic E-state index is 10.7. The molecule has 0 saturated carbocycles. The molecule has 2 nitrogen and oxygen atoms in total. The molecule has 1 saturated heterocycles. The van der Waals surface area contributed by atoms with Gasteiger partial charge in [-0.15, -0.1) is 0 Å². The Bertz CT molecular complexity index is 122. The number of amides is 1. The van der Waals surface area contributed by atoms with Crippen LogP contribution < -0.4 is 5.32 Å². The van der Waals surface area contributed by atoms with E-state index in [0.29, 0.717) is 6.04 Å². The van der Waals surface area contributed by atoms with E-state index >= 15 is 0 Å². The summed E-state index contributed by atoms with van der Waals surface area (Å²) in [6.07, 6.45) is 5.44. The van der Waals surface area contributed by atoms with E-state index in [2.05, 4.69) is 12.2 Å². The number of unbranched alkanes of at least 4 members (excludes halogenated alkanes) is 1. The van der Waals surface area contributed by atoms with Crippen LogP contribution in [0, 0.1) is 0 Å². The summed E-state index contributed by atoms with van der Waals surface area (Å²) < 4.78 is 0. The average molecular weight is 141 g/mol. The molecule has 0 aromatic heterocycles. The van der Waals surface area contributed by atoms with Crippen molar-refractivity contribution in [2.24, 2.45) is 0 Å². The number of rotatable bonds is 3. The van der Waals surface area contributed by atoms with E-state index in [4.69, 9.17) is 0 Å². The summed E-state index contributed by atoms with van der Waals surface area (Å²) in [5.41, 5.74) is 0. The average Bonchev–Trinajstić information content (AvgIpc) is 2.31. The summed E-state index contributed by atoms with van der Waals surface area (Å²) in [6.45, 7) is 2.18. The summed E-state index contributed by atoms with van der Waals surface area (Å²) in [4.78, 5) is 10.7. The topological polar surface area (TPSA) is 29.1 Å². The van der Waals surface area contributed by atoms with Gasteiger partial charge in [-0.2, -0.15) is 0 Å². The van der Waals surface area contributed by atoms with Crippen LogP contribution in [0.2, 0.25) is 0 Å². The van der Waals surface area contributed by atoms with E-state index in [9.17, 15) is 4.79 Å². The Morgan fingerprint density at radius 1 is 1.70 bits per heavy atom. The zero-order valence-electron chi connectivity index (χ0n) is 6.52. The van der Waals surface area contributed by atoms with Crippen molar-refractivity contribution in [2.75, 3.05) is 0 Å². The standard InChI is InChI=1S/C8H15NO/c1-2-3-4-7-5-6-8(10)9-7/h7H,2-6H2,1H3,(H,9,10). The van der Waals surface area contributed by atoms with Crippen LogP contribution >= 0.6 is 0 Å². The Morgan fingerprint density at radius 2 is 2.50 bits per heavy atom. The second-order valence-corrected chi connectivity index (χ2v) is 2.95. The fourth-order valence-electron chi connectivity index (χ4n) is 1.34. The number of nitrogens with one attached hydrogen (secondary N) is 1. The summed E-state index contributed by atoms with van der Waals surface area (Å²) >= 11 is 0. The predicted molar refractivity (Wildman–Crippen MR) is 40.7 cm³/mol. The largest absolute Gasteiger partial charge is 0.353 e. The van der Waals surface area contributed by atoms with Gasteiger partial charge in [0.2, 0.25) is 5.91 Å². The van der Waals surface area contributed by atoms with E-state index in [1.165, 1.54) is 19.3 Å². The Kier molecular flexibility index (Phi) is 2.72. The number of hydrogen-bond acceptors (Lipinski definition) is 1. The molecule has 0 spiro atoms. The normalized spacial score (nSPS) is 24.9. The van der Waals surface area contributed by atoms with Gasteiger partial charge in [0, 0.05) is 12.5 Å². The van der Waals surface area contributed by atoms with Crippen LogP contribution in [-0.4, -0.2) is 11.9 Å². The molecule has 1 unspecified atom stereocenters. The molecular formula is C8H15NO. The number of hydrogen-bond donors (Lipinski definition) is 1. The Labute approximate surface area is 62.0 Å². The molecule has 1 N–H and O–H groups in total. The van der Waals surface area contributed by atoms with Gasteiger partial charge in [0.15, 0.2) is 0 Å². The highest BCUT2D eigenvalue weighted by Gasteiger charge is 2.19. The van der Waals surface area contributed by atoms with Gasteiger partial charge in [0.25, 0.3) is 0 Å². The third-order valence-electron chi connectivity index (χ3n) is 1.99. The zero-order chi connectivity index (χ0) is 7.40. The van der Waals surface area contributed by atoms with Gasteiger partial charge < -0.3 is 5.32 Å². The van der Waals surface area contributed by atoms with Crippen molar-refractivity contribution in [3.8, 4) is 0 Å². The second kappa shape index (κ2) is 3.59. The maximum atomic E-state index is 10.7. The third kappa shape index (κ3) is 2.01. The highest BCUT2D eigenvalue weighted by molar-refractivity contribution is 5.78. The molecule has 58 valence electrons. The van der Waals surface area contributed by atoms with Crippen molar-refractivity contribution < 1.29 is 4.79 Å². The van der Waals surface area contributed by atoms with Gasteiger partial charge in [0.05, 0.1) is 0 Å². The molecular weight excluding hydrogens is 126 g/mol. The molecule has 1 rings (SSSR count). The smallest absolute Gasteiger partial charge is 0.220 e.